The Kier molecular flexibility index (Phi) is 6.76. The number of carbonyl (C=O) groups excluding carboxylic acids is 1. The van der Waals surface area contributed by atoms with Crippen LogP contribution in [0.15, 0.2) is 29.0 Å². The molecule has 0 bridgehead atoms. The molecular formula is C20H26ClN3O2S. The summed E-state index contributed by atoms with van der Waals surface area (Å²) < 4.78 is 5.35. The zero-order valence-corrected chi connectivity index (χ0v) is 17.6. The van der Waals surface area contributed by atoms with Crippen LogP contribution in [0.2, 0.25) is 5.02 Å². The normalized spacial score (nSPS) is 16.9. The van der Waals surface area contributed by atoms with Crippen molar-refractivity contribution in [1.29, 1.82) is 0 Å². The monoisotopic (exact) mass is 407 g/mol. The van der Waals surface area contributed by atoms with Gasteiger partial charge in [0, 0.05) is 43.8 Å². The first-order valence-corrected chi connectivity index (χ1v) is 10.4. The largest absolute Gasteiger partial charge is 0.495 e. The van der Waals surface area contributed by atoms with Gasteiger partial charge in [0.2, 0.25) is 5.91 Å². The van der Waals surface area contributed by atoms with Gasteiger partial charge in [-0.15, -0.1) is 0 Å². The standard InChI is InChI=1S/C20H26ClN3O2S/c1-14-10-18(19(26-3)11-17(14)21)22-20(25)15(2)24-7-5-23(6-8-24)12-16-4-9-27-13-16/h4,9-11,13,15H,5-8,12H2,1-3H3,(H,22,25). The lowest BCUT2D eigenvalue weighted by Crippen LogP contribution is -2.52. The third-order valence-electron chi connectivity index (χ3n) is 5.06. The van der Waals surface area contributed by atoms with E-state index in [1.54, 1.807) is 24.5 Å². The minimum Gasteiger partial charge on any atom is -0.495 e. The summed E-state index contributed by atoms with van der Waals surface area (Å²) in [5.41, 5.74) is 2.93. The van der Waals surface area contributed by atoms with Crippen LogP contribution in [-0.2, 0) is 11.3 Å². The number of thiophene rings is 1. The molecule has 1 aliphatic rings. The maximum atomic E-state index is 12.8. The summed E-state index contributed by atoms with van der Waals surface area (Å²) in [6.07, 6.45) is 0. The maximum absolute atomic E-state index is 12.8. The highest BCUT2D eigenvalue weighted by Gasteiger charge is 2.26. The molecule has 0 spiro atoms. The van der Waals surface area contributed by atoms with Gasteiger partial charge in [-0.25, -0.2) is 0 Å². The summed E-state index contributed by atoms with van der Waals surface area (Å²) in [4.78, 5) is 17.4. The average Bonchev–Trinajstić information content (AvgIpc) is 3.17. The van der Waals surface area contributed by atoms with Crippen molar-refractivity contribution < 1.29 is 9.53 Å². The molecule has 2 aromatic rings. The van der Waals surface area contributed by atoms with Gasteiger partial charge in [-0.1, -0.05) is 11.6 Å². The van der Waals surface area contributed by atoms with Gasteiger partial charge in [0.25, 0.3) is 0 Å². The van der Waals surface area contributed by atoms with E-state index in [-0.39, 0.29) is 11.9 Å². The van der Waals surface area contributed by atoms with Crippen LogP contribution in [0, 0.1) is 6.92 Å². The van der Waals surface area contributed by atoms with Gasteiger partial charge in [0.1, 0.15) is 5.75 Å². The van der Waals surface area contributed by atoms with Crippen molar-refractivity contribution in [1.82, 2.24) is 9.80 Å². The van der Waals surface area contributed by atoms with Gasteiger partial charge in [0.05, 0.1) is 18.8 Å². The number of nitrogens with zero attached hydrogens (tertiary/aromatic N) is 2. The van der Waals surface area contributed by atoms with Crippen LogP contribution >= 0.6 is 22.9 Å². The second-order valence-electron chi connectivity index (χ2n) is 6.91. The number of piperazine rings is 1. The minimum atomic E-state index is -0.200. The number of hydrogen-bond donors (Lipinski definition) is 1. The van der Waals surface area contributed by atoms with Crippen LogP contribution in [0.4, 0.5) is 5.69 Å². The number of halogens is 1. The highest BCUT2D eigenvalue weighted by Crippen LogP contribution is 2.31. The summed E-state index contributed by atoms with van der Waals surface area (Å²) in [6, 6.07) is 5.56. The van der Waals surface area contributed by atoms with E-state index in [2.05, 4.69) is 31.9 Å². The number of nitrogens with one attached hydrogen (secondary N) is 1. The van der Waals surface area contributed by atoms with Crippen LogP contribution in [0.5, 0.6) is 5.75 Å². The van der Waals surface area contributed by atoms with Crippen molar-refractivity contribution in [2.45, 2.75) is 26.4 Å². The first-order chi connectivity index (χ1) is 13.0. The highest BCUT2D eigenvalue weighted by atomic mass is 35.5. The third kappa shape index (κ3) is 5.02. The lowest BCUT2D eigenvalue weighted by atomic mass is 10.1. The number of benzene rings is 1. The smallest absolute Gasteiger partial charge is 0.241 e. The Morgan fingerprint density at radius 1 is 1.33 bits per heavy atom. The molecule has 1 aromatic carbocycles. The van der Waals surface area contributed by atoms with E-state index in [1.165, 1.54) is 5.56 Å². The topological polar surface area (TPSA) is 44.8 Å². The number of methoxy groups -OCH3 is 1. The molecule has 1 unspecified atom stereocenters. The van der Waals surface area contributed by atoms with E-state index in [0.29, 0.717) is 16.5 Å². The molecule has 5 nitrogen and oxygen atoms in total. The quantitative estimate of drug-likeness (QED) is 0.789. The lowest BCUT2D eigenvalue weighted by molar-refractivity contribution is -0.121. The fourth-order valence-corrected chi connectivity index (χ4v) is 4.10. The maximum Gasteiger partial charge on any atom is 0.241 e. The Hall–Kier alpha value is -1.60. The van der Waals surface area contributed by atoms with E-state index >= 15 is 0 Å². The van der Waals surface area contributed by atoms with Crippen molar-refractivity contribution in [2.24, 2.45) is 0 Å². The van der Waals surface area contributed by atoms with E-state index in [0.717, 1.165) is 38.3 Å². The second kappa shape index (κ2) is 9.06. The molecule has 3 rings (SSSR count). The fourth-order valence-electron chi connectivity index (χ4n) is 3.28. The first kappa shape index (κ1) is 20.1. The van der Waals surface area contributed by atoms with E-state index in [4.69, 9.17) is 16.3 Å². The van der Waals surface area contributed by atoms with Crippen LogP contribution in [0.3, 0.4) is 0 Å². The molecule has 1 atom stereocenters. The minimum absolute atomic E-state index is 0.0266. The van der Waals surface area contributed by atoms with Crippen molar-refractivity contribution in [3.05, 3.63) is 45.1 Å². The Morgan fingerprint density at radius 3 is 2.70 bits per heavy atom. The Balaban J connectivity index is 1.56. The Bertz CT molecular complexity index is 774. The zero-order valence-electron chi connectivity index (χ0n) is 16.0. The average molecular weight is 408 g/mol. The predicted octanol–water partition coefficient (Wildman–Crippen LogP) is 3.86. The Morgan fingerprint density at radius 2 is 2.07 bits per heavy atom. The van der Waals surface area contributed by atoms with Crippen molar-refractivity contribution >= 4 is 34.5 Å². The van der Waals surface area contributed by atoms with Crippen LogP contribution in [0.1, 0.15) is 18.1 Å². The number of hydrogen-bond acceptors (Lipinski definition) is 5. The molecule has 1 aromatic heterocycles. The molecule has 2 heterocycles. The van der Waals surface area contributed by atoms with E-state index in [1.807, 2.05) is 19.9 Å². The van der Waals surface area contributed by atoms with Gasteiger partial charge in [-0.2, -0.15) is 11.3 Å². The van der Waals surface area contributed by atoms with Crippen LogP contribution in [-0.4, -0.2) is 55.0 Å². The molecule has 0 saturated carbocycles. The Labute approximate surface area is 169 Å². The second-order valence-corrected chi connectivity index (χ2v) is 8.10. The van der Waals surface area contributed by atoms with Gasteiger partial charge >= 0.3 is 0 Å². The zero-order chi connectivity index (χ0) is 19.4. The lowest BCUT2D eigenvalue weighted by Gasteiger charge is -2.37. The van der Waals surface area contributed by atoms with Crippen LogP contribution < -0.4 is 10.1 Å². The number of rotatable bonds is 6. The molecule has 1 N–H and O–H groups in total. The molecule has 1 saturated heterocycles. The summed E-state index contributed by atoms with van der Waals surface area (Å²) in [5, 5.41) is 7.94. The molecular weight excluding hydrogens is 382 g/mol. The summed E-state index contributed by atoms with van der Waals surface area (Å²) in [6.45, 7) is 8.56. The number of carbonyl (C=O) groups is 1. The molecule has 1 aliphatic heterocycles. The summed E-state index contributed by atoms with van der Waals surface area (Å²) in [5.74, 6) is 0.549. The van der Waals surface area contributed by atoms with Crippen molar-refractivity contribution in [3.63, 3.8) is 0 Å². The number of amides is 1. The molecule has 1 fully saturated rings. The third-order valence-corrected chi connectivity index (χ3v) is 6.20. The first-order valence-electron chi connectivity index (χ1n) is 9.10. The molecule has 0 aliphatic carbocycles. The molecule has 146 valence electrons. The predicted molar refractivity (Wildman–Crippen MR) is 112 cm³/mol. The SMILES string of the molecule is COc1cc(Cl)c(C)cc1NC(=O)C(C)N1CCN(Cc2ccsc2)CC1. The summed E-state index contributed by atoms with van der Waals surface area (Å²) in [7, 11) is 1.58. The van der Waals surface area contributed by atoms with Gasteiger partial charge in [-0.05, 0) is 47.9 Å². The summed E-state index contributed by atoms with van der Waals surface area (Å²) >= 11 is 7.88. The van der Waals surface area contributed by atoms with E-state index < -0.39 is 0 Å². The van der Waals surface area contributed by atoms with Crippen LogP contribution in [0.25, 0.3) is 0 Å². The van der Waals surface area contributed by atoms with E-state index in [9.17, 15) is 4.79 Å². The number of ether oxygens (including phenoxy) is 1. The molecule has 27 heavy (non-hydrogen) atoms. The fraction of sp³-hybridized carbons (Fsp3) is 0.450. The highest BCUT2D eigenvalue weighted by molar-refractivity contribution is 7.07. The number of aryl methyl sites for hydroxylation is 1. The van der Waals surface area contributed by atoms with Gasteiger partial charge < -0.3 is 10.1 Å². The van der Waals surface area contributed by atoms with Gasteiger partial charge in [0.15, 0.2) is 0 Å². The van der Waals surface area contributed by atoms with Crippen molar-refractivity contribution in [2.75, 3.05) is 38.6 Å². The number of anilines is 1. The molecule has 0 radical (unpaired) electrons. The van der Waals surface area contributed by atoms with Crippen molar-refractivity contribution in [3.8, 4) is 5.75 Å². The van der Waals surface area contributed by atoms with Gasteiger partial charge in [-0.3, -0.25) is 14.6 Å². The molecule has 7 heteroatoms. The molecule has 1 amide bonds.